The molecule has 2 aromatic heterocycles. The number of halogens is 6. The number of alkyl halides is 4. The molecule has 7 rings (SSSR count). The van der Waals surface area contributed by atoms with Gasteiger partial charge >= 0.3 is 0 Å². The highest BCUT2D eigenvalue weighted by molar-refractivity contribution is 7.89. The molecular formula is C34H31F6N5O3S. The van der Waals surface area contributed by atoms with Gasteiger partial charge in [-0.05, 0) is 73.1 Å². The van der Waals surface area contributed by atoms with Crippen LogP contribution in [0.5, 0.6) is 0 Å². The number of pyridine rings is 1. The summed E-state index contributed by atoms with van der Waals surface area (Å²) < 4.78 is 115. The van der Waals surface area contributed by atoms with Crippen molar-refractivity contribution in [1.82, 2.24) is 24.4 Å². The first-order chi connectivity index (χ1) is 23.3. The fourth-order valence-electron chi connectivity index (χ4n) is 7.13. The summed E-state index contributed by atoms with van der Waals surface area (Å²) in [6.45, 7) is 0.0499. The van der Waals surface area contributed by atoms with Crippen LogP contribution in [0.3, 0.4) is 0 Å². The molecule has 4 aromatic rings. The van der Waals surface area contributed by atoms with Gasteiger partial charge in [0, 0.05) is 42.4 Å². The number of carbonyl (C=O) groups excluding carboxylic acids is 1. The van der Waals surface area contributed by atoms with Gasteiger partial charge < -0.3 is 5.32 Å². The first-order valence-corrected chi connectivity index (χ1v) is 17.4. The highest BCUT2D eigenvalue weighted by Gasteiger charge is 2.67. The fourth-order valence-corrected chi connectivity index (χ4v) is 8.65. The molecule has 1 aliphatic heterocycles. The second kappa shape index (κ2) is 12.6. The molecule has 3 aliphatic rings. The van der Waals surface area contributed by atoms with Gasteiger partial charge in [-0.1, -0.05) is 24.6 Å². The number of aromatic nitrogens is 3. The maximum Gasteiger partial charge on any atom is 0.293 e. The lowest BCUT2D eigenvalue weighted by molar-refractivity contribution is -0.123. The number of fused-ring (bicyclic) bond motifs is 3. The van der Waals surface area contributed by atoms with Crippen molar-refractivity contribution in [3.63, 3.8) is 0 Å². The quantitative estimate of drug-likeness (QED) is 0.187. The molecule has 1 N–H and O–H groups in total. The van der Waals surface area contributed by atoms with E-state index in [9.17, 15) is 30.8 Å². The molecule has 3 atom stereocenters. The van der Waals surface area contributed by atoms with Crippen LogP contribution in [0.15, 0.2) is 65.7 Å². The molecule has 49 heavy (non-hydrogen) atoms. The Hall–Kier alpha value is -4.24. The first-order valence-electron chi connectivity index (χ1n) is 15.9. The van der Waals surface area contributed by atoms with Crippen LogP contribution >= 0.6 is 0 Å². The first kappa shape index (κ1) is 33.3. The normalized spacial score (nSPS) is 20.6. The van der Waals surface area contributed by atoms with Gasteiger partial charge in [-0.15, -0.1) is 0 Å². The molecule has 258 valence electrons. The Morgan fingerprint density at radius 3 is 2.35 bits per heavy atom. The van der Waals surface area contributed by atoms with Crippen LogP contribution in [0.25, 0.3) is 11.1 Å². The van der Waals surface area contributed by atoms with Crippen LogP contribution in [-0.2, 0) is 33.7 Å². The van der Waals surface area contributed by atoms with Crippen LogP contribution in [0.4, 0.5) is 26.3 Å². The van der Waals surface area contributed by atoms with Gasteiger partial charge in [-0.3, -0.25) is 14.5 Å². The van der Waals surface area contributed by atoms with E-state index in [-0.39, 0.29) is 34.6 Å². The monoisotopic (exact) mass is 703 g/mol. The van der Waals surface area contributed by atoms with Gasteiger partial charge in [0.25, 0.3) is 12.3 Å². The number of nitrogens with zero attached hydrogens (tertiary/aromatic N) is 4. The van der Waals surface area contributed by atoms with Crippen molar-refractivity contribution in [3.05, 3.63) is 101 Å². The standard InChI is InChI=1S/C34H31F6N5O3S/c35-21-13-19(14-22(36)16-21)15-27(42-28(46)18-45-32-29(31(43-45)33(37)38)25-17-26(25)34(32,39)40)30-24(5-4-10-41-30)20-6-8-23(9-7-20)49(47,48)44-11-2-1-3-12-44/h4-10,13-14,16,25-27,33H,1-3,11-12,15,17-18H2,(H,42,46)/t25?,26?,27-/m0/s1. The van der Waals surface area contributed by atoms with Crippen molar-refractivity contribution in [3.8, 4) is 11.1 Å². The van der Waals surface area contributed by atoms with Gasteiger partial charge in [0.2, 0.25) is 15.9 Å². The second-order valence-corrected chi connectivity index (χ2v) is 14.6. The summed E-state index contributed by atoms with van der Waals surface area (Å²) in [6.07, 6.45) is 0.714. The molecule has 2 unspecified atom stereocenters. The van der Waals surface area contributed by atoms with Crippen LogP contribution in [0.2, 0.25) is 0 Å². The summed E-state index contributed by atoms with van der Waals surface area (Å²) >= 11 is 0. The third-order valence-electron chi connectivity index (χ3n) is 9.44. The summed E-state index contributed by atoms with van der Waals surface area (Å²) in [6, 6.07) is 11.1. The minimum atomic E-state index is -3.72. The molecule has 2 fully saturated rings. The number of benzene rings is 2. The van der Waals surface area contributed by atoms with E-state index in [4.69, 9.17) is 0 Å². The van der Waals surface area contributed by atoms with Crippen molar-refractivity contribution in [2.75, 3.05) is 13.1 Å². The van der Waals surface area contributed by atoms with E-state index < -0.39 is 75.7 Å². The zero-order valence-corrected chi connectivity index (χ0v) is 26.7. The number of piperidine rings is 1. The second-order valence-electron chi connectivity index (χ2n) is 12.7. The summed E-state index contributed by atoms with van der Waals surface area (Å²) in [5, 5.41) is 6.41. The van der Waals surface area contributed by atoms with Gasteiger partial charge in [-0.25, -0.2) is 26.0 Å². The van der Waals surface area contributed by atoms with Gasteiger partial charge in [-0.2, -0.15) is 18.2 Å². The summed E-state index contributed by atoms with van der Waals surface area (Å²) in [7, 11) is -3.72. The molecule has 0 radical (unpaired) electrons. The van der Waals surface area contributed by atoms with Crippen molar-refractivity contribution in [1.29, 1.82) is 0 Å². The van der Waals surface area contributed by atoms with Crippen molar-refractivity contribution in [2.24, 2.45) is 5.92 Å². The number of carbonyl (C=O) groups is 1. The zero-order valence-electron chi connectivity index (χ0n) is 25.9. The van der Waals surface area contributed by atoms with Crippen LogP contribution in [0.1, 0.15) is 72.3 Å². The lowest BCUT2D eigenvalue weighted by Crippen LogP contribution is -2.35. The number of rotatable bonds is 10. The van der Waals surface area contributed by atoms with E-state index in [0.717, 1.165) is 31.4 Å². The van der Waals surface area contributed by atoms with Crippen molar-refractivity contribution < 1.29 is 39.6 Å². The average molecular weight is 704 g/mol. The Balaban J connectivity index is 1.21. The summed E-state index contributed by atoms with van der Waals surface area (Å²) in [5.41, 5.74) is -0.305. The number of sulfonamides is 1. The third-order valence-corrected chi connectivity index (χ3v) is 11.4. The Labute approximate surface area is 278 Å². The van der Waals surface area contributed by atoms with Crippen LogP contribution < -0.4 is 5.32 Å². The lowest BCUT2D eigenvalue weighted by Gasteiger charge is -2.26. The minimum absolute atomic E-state index is 0.0670. The maximum atomic E-state index is 15.1. The number of hydrogen-bond acceptors (Lipinski definition) is 5. The number of hydrogen-bond donors (Lipinski definition) is 1. The van der Waals surface area contributed by atoms with Crippen molar-refractivity contribution >= 4 is 15.9 Å². The predicted molar refractivity (Wildman–Crippen MR) is 165 cm³/mol. The number of amides is 1. The van der Waals surface area contributed by atoms with E-state index in [1.54, 1.807) is 24.3 Å². The van der Waals surface area contributed by atoms with E-state index in [2.05, 4.69) is 15.4 Å². The largest absolute Gasteiger partial charge is 0.346 e. The Morgan fingerprint density at radius 1 is 0.980 bits per heavy atom. The van der Waals surface area contributed by atoms with Gasteiger partial charge in [0.05, 0.1) is 16.6 Å². The van der Waals surface area contributed by atoms with E-state index >= 15 is 8.78 Å². The predicted octanol–water partition coefficient (Wildman–Crippen LogP) is 6.64. The molecule has 2 aliphatic carbocycles. The molecular weight excluding hydrogens is 672 g/mol. The lowest BCUT2D eigenvalue weighted by atomic mass is 9.95. The van der Waals surface area contributed by atoms with E-state index in [1.165, 1.54) is 22.6 Å². The van der Waals surface area contributed by atoms with Gasteiger partial charge in [0.1, 0.15) is 29.6 Å². The Morgan fingerprint density at radius 2 is 1.67 bits per heavy atom. The molecule has 8 nitrogen and oxygen atoms in total. The minimum Gasteiger partial charge on any atom is -0.346 e. The fraction of sp³-hybridized carbons (Fsp3) is 0.382. The summed E-state index contributed by atoms with van der Waals surface area (Å²) in [4.78, 5) is 18.1. The zero-order chi connectivity index (χ0) is 34.7. The molecule has 1 saturated heterocycles. The van der Waals surface area contributed by atoms with E-state index in [0.29, 0.717) is 35.0 Å². The maximum absolute atomic E-state index is 15.1. The van der Waals surface area contributed by atoms with Crippen molar-refractivity contribution in [2.45, 2.75) is 67.9 Å². The molecule has 0 bridgehead atoms. The smallest absolute Gasteiger partial charge is 0.293 e. The summed E-state index contributed by atoms with van der Waals surface area (Å²) in [5.74, 6) is -7.87. The van der Waals surface area contributed by atoms with Gasteiger partial charge in [0.15, 0.2) is 0 Å². The topological polar surface area (TPSA) is 97.2 Å². The highest BCUT2D eigenvalue weighted by Crippen LogP contribution is 2.68. The van der Waals surface area contributed by atoms with E-state index in [1.807, 2.05) is 0 Å². The Kier molecular flexibility index (Phi) is 8.54. The van der Waals surface area contributed by atoms with Crippen LogP contribution in [0, 0.1) is 17.6 Å². The molecule has 3 heterocycles. The highest BCUT2D eigenvalue weighted by atomic mass is 32.2. The molecule has 15 heteroatoms. The molecule has 0 spiro atoms. The number of nitrogens with one attached hydrogen (secondary N) is 1. The molecule has 1 amide bonds. The Bertz CT molecular complexity index is 1990. The molecule has 2 aromatic carbocycles. The average Bonchev–Trinajstić information content (AvgIpc) is 3.73. The van der Waals surface area contributed by atoms with Crippen LogP contribution in [-0.4, -0.2) is 46.5 Å². The molecule has 1 saturated carbocycles. The SMILES string of the molecule is O=C(Cn1nc(C(F)F)c2c1C(F)(F)C1CC21)N[C@@H](Cc1cc(F)cc(F)c1)c1ncccc1-c1ccc(S(=O)(=O)N2CCCCC2)cc1. The third kappa shape index (κ3) is 6.22.